The van der Waals surface area contributed by atoms with Gasteiger partial charge in [-0.2, -0.15) is 0 Å². The smallest absolute Gasteiger partial charge is 0.0362 e. The average molecular weight is 252 g/mol. The van der Waals surface area contributed by atoms with E-state index in [2.05, 4.69) is 32.6 Å². The second-order valence-electron chi connectivity index (χ2n) is 7.28. The van der Waals surface area contributed by atoms with Crippen LogP contribution in [0, 0.1) is 17.8 Å². The SMILES string of the molecule is CC1CCC(C)N(C2(CN)CC(C)CCC2C)C1. The molecular weight excluding hydrogens is 220 g/mol. The first-order valence-corrected chi connectivity index (χ1v) is 7.96. The lowest BCUT2D eigenvalue weighted by Crippen LogP contribution is -2.64. The molecule has 2 nitrogen and oxygen atoms in total. The van der Waals surface area contributed by atoms with E-state index in [1.807, 2.05) is 0 Å². The van der Waals surface area contributed by atoms with Crippen LogP contribution in [-0.4, -0.2) is 29.6 Å². The summed E-state index contributed by atoms with van der Waals surface area (Å²) in [4.78, 5) is 2.79. The molecule has 106 valence electrons. The molecule has 5 unspecified atom stereocenters. The maximum absolute atomic E-state index is 6.29. The van der Waals surface area contributed by atoms with E-state index in [0.29, 0.717) is 0 Å². The van der Waals surface area contributed by atoms with Crippen LogP contribution in [0.2, 0.25) is 0 Å². The second kappa shape index (κ2) is 5.50. The normalized spacial score (nSPS) is 47.2. The van der Waals surface area contributed by atoms with Gasteiger partial charge in [-0.25, -0.2) is 0 Å². The van der Waals surface area contributed by atoms with Gasteiger partial charge < -0.3 is 5.73 Å². The Labute approximate surface area is 113 Å². The lowest BCUT2D eigenvalue weighted by atomic mass is 9.67. The zero-order valence-corrected chi connectivity index (χ0v) is 12.8. The van der Waals surface area contributed by atoms with Crippen molar-refractivity contribution in [1.29, 1.82) is 0 Å². The van der Waals surface area contributed by atoms with Gasteiger partial charge in [-0.15, -0.1) is 0 Å². The van der Waals surface area contributed by atoms with Crippen molar-refractivity contribution in [1.82, 2.24) is 4.90 Å². The van der Waals surface area contributed by atoms with Gasteiger partial charge in [-0.1, -0.05) is 27.2 Å². The number of likely N-dealkylation sites (tertiary alicyclic amines) is 1. The molecule has 2 fully saturated rings. The Hall–Kier alpha value is -0.0800. The largest absolute Gasteiger partial charge is 0.329 e. The molecular formula is C16H32N2. The molecule has 0 bridgehead atoms. The van der Waals surface area contributed by atoms with E-state index >= 15 is 0 Å². The van der Waals surface area contributed by atoms with E-state index < -0.39 is 0 Å². The molecule has 0 radical (unpaired) electrons. The molecule has 1 aliphatic carbocycles. The molecule has 1 saturated carbocycles. The Morgan fingerprint density at radius 1 is 1.00 bits per heavy atom. The number of rotatable bonds is 2. The van der Waals surface area contributed by atoms with Gasteiger partial charge in [0.15, 0.2) is 0 Å². The Morgan fingerprint density at radius 3 is 2.33 bits per heavy atom. The van der Waals surface area contributed by atoms with Crippen LogP contribution in [0.15, 0.2) is 0 Å². The fraction of sp³-hybridized carbons (Fsp3) is 1.00. The zero-order valence-electron chi connectivity index (χ0n) is 12.8. The van der Waals surface area contributed by atoms with Crippen LogP contribution in [0.25, 0.3) is 0 Å². The summed E-state index contributed by atoms with van der Waals surface area (Å²) in [7, 11) is 0. The molecule has 2 aliphatic rings. The number of piperidine rings is 1. The molecule has 1 heterocycles. The predicted molar refractivity (Wildman–Crippen MR) is 78.5 cm³/mol. The fourth-order valence-electron chi connectivity index (χ4n) is 4.42. The van der Waals surface area contributed by atoms with Gasteiger partial charge in [-0.3, -0.25) is 4.90 Å². The van der Waals surface area contributed by atoms with E-state index in [0.717, 1.165) is 30.3 Å². The minimum absolute atomic E-state index is 0.283. The van der Waals surface area contributed by atoms with Crippen molar-refractivity contribution in [3.8, 4) is 0 Å². The predicted octanol–water partition coefficient (Wildman–Crippen LogP) is 3.26. The summed E-state index contributed by atoms with van der Waals surface area (Å²) in [5.74, 6) is 2.44. The summed E-state index contributed by atoms with van der Waals surface area (Å²) in [6.45, 7) is 11.8. The van der Waals surface area contributed by atoms with Crippen molar-refractivity contribution in [3.63, 3.8) is 0 Å². The van der Waals surface area contributed by atoms with E-state index in [-0.39, 0.29) is 5.54 Å². The van der Waals surface area contributed by atoms with Gasteiger partial charge in [-0.05, 0) is 50.4 Å². The minimum atomic E-state index is 0.283. The van der Waals surface area contributed by atoms with Gasteiger partial charge in [0.25, 0.3) is 0 Å². The van der Waals surface area contributed by atoms with Gasteiger partial charge in [0, 0.05) is 24.7 Å². The minimum Gasteiger partial charge on any atom is -0.329 e. The van der Waals surface area contributed by atoms with Crippen LogP contribution in [-0.2, 0) is 0 Å². The topological polar surface area (TPSA) is 29.3 Å². The monoisotopic (exact) mass is 252 g/mol. The highest BCUT2D eigenvalue weighted by Crippen LogP contribution is 2.43. The van der Waals surface area contributed by atoms with Crippen LogP contribution in [0.3, 0.4) is 0 Å². The molecule has 0 amide bonds. The Kier molecular flexibility index (Phi) is 4.38. The second-order valence-corrected chi connectivity index (χ2v) is 7.28. The lowest BCUT2D eigenvalue weighted by Gasteiger charge is -2.56. The van der Waals surface area contributed by atoms with E-state index in [1.165, 1.54) is 38.6 Å². The molecule has 1 aliphatic heterocycles. The maximum Gasteiger partial charge on any atom is 0.0362 e. The van der Waals surface area contributed by atoms with Gasteiger partial charge in [0.05, 0.1) is 0 Å². The van der Waals surface area contributed by atoms with Crippen molar-refractivity contribution < 1.29 is 0 Å². The highest BCUT2D eigenvalue weighted by atomic mass is 15.2. The Morgan fingerprint density at radius 2 is 1.67 bits per heavy atom. The Bertz CT molecular complexity index is 278. The van der Waals surface area contributed by atoms with Gasteiger partial charge >= 0.3 is 0 Å². The maximum atomic E-state index is 6.29. The third-order valence-corrected chi connectivity index (χ3v) is 5.75. The van der Waals surface area contributed by atoms with Crippen LogP contribution < -0.4 is 5.73 Å². The fourth-order valence-corrected chi connectivity index (χ4v) is 4.42. The molecule has 18 heavy (non-hydrogen) atoms. The Balaban J connectivity index is 2.23. The first-order valence-electron chi connectivity index (χ1n) is 7.96. The third-order valence-electron chi connectivity index (χ3n) is 5.75. The molecule has 2 heteroatoms. The summed E-state index contributed by atoms with van der Waals surface area (Å²) in [5.41, 5.74) is 6.57. The zero-order chi connectivity index (χ0) is 13.3. The first-order chi connectivity index (χ1) is 8.49. The van der Waals surface area contributed by atoms with Crippen LogP contribution >= 0.6 is 0 Å². The molecule has 1 saturated heterocycles. The lowest BCUT2D eigenvalue weighted by molar-refractivity contribution is -0.0543. The highest BCUT2D eigenvalue weighted by Gasteiger charge is 2.46. The van der Waals surface area contributed by atoms with Crippen molar-refractivity contribution >= 4 is 0 Å². The number of hydrogen-bond donors (Lipinski definition) is 1. The van der Waals surface area contributed by atoms with E-state index in [9.17, 15) is 0 Å². The van der Waals surface area contributed by atoms with E-state index in [1.54, 1.807) is 0 Å². The molecule has 2 rings (SSSR count). The van der Waals surface area contributed by atoms with Crippen molar-refractivity contribution in [2.24, 2.45) is 23.5 Å². The van der Waals surface area contributed by atoms with Gasteiger partial charge in [0.2, 0.25) is 0 Å². The highest BCUT2D eigenvalue weighted by molar-refractivity contribution is 5.02. The molecule has 5 atom stereocenters. The summed E-state index contributed by atoms with van der Waals surface area (Å²) >= 11 is 0. The standard InChI is InChI=1S/C16H32N2/c1-12-5-7-14(3)16(9-12,11-17)18-10-13(2)6-8-15(18)4/h12-15H,5-11,17H2,1-4H3. The van der Waals surface area contributed by atoms with Gasteiger partial charge in [0.1, 0.15) is 0 Å². The van der Waals surface area contributed by atoms with Crippen molar-refractivity contribution in [2.45, 2.75) is 71.4 Å². The first kappa shape index (κ1) is 14.3. The molecule has 0 aromatic carbocycles. The average Bonchev–Trinajstić information content (AvgIpc) is 2.35. The summed E-state index contributed by atoms with van der Waals surface area (Å²) in [6.07, 6.45) is 6.80. The molecule has 0 spiro atoms. The summed E-state index contributed by atoms with van der Waals surface area (Å²) in [5, 5.41) is 0. The summed E-state index contributed by atoms with van der Waals surface area (Å²) < 4.78 is 0. The van der Waals surface area contributed by atoms with E-state index in [4.69, 9.17) is 5.73 Å². The summed E-state index contributed by atoms with van der Waals surface area (Å²) in [6, 6.07) is 0.720. The number of hydrogen-bond acceptors (Lipinski definition) is 2. The van der Waals surface area contributed by atoms with Crippen molar-refractivity contribution in [3.05, 3.63) is 0 Å². The quantitative estimate of drug-likeness (QED) is 0.817. The third kappa shape index (κ3) is 2.46. The molecule has 0 aromatic rings. The molecule has 2 N–H and O–H groups in total. The number of nitrogens with two attached hydrogens (primary N) is 1. The van der Waals surface area contributed by atoms with Crippen LogP contribution in [0.1, 0.15) is 59.8 Å². The van der Waals surface area contributed by atoms with Crippen LogP contribution in [0.4, 0.5) is 0 Å². The molecule has 0 aromatic heterocycles. The van der Waals surface area contributed by atoms with Crippen LogP contribution in [0.5, 0.6) is 0 Å². The van der Waals surface area contributed by atoms with Crippen molar-refractivity contribution in [2.75, 3.05) is 13.1 Å². The number of nitrogens with zero attached hydrogens (tertiary/aromatic N) is 1.